The van der Waals surface area contributed by atoms with E-state index in [1.807, 2.05) is 32.9 Å². The van der Waals surface area contributed by atoms with Crippen LogP contribution in [0.3, 0.4) is 0 Å². The normalized spacial score (nSPS) is 10.2. The quantitative estimate of drug-likeness (QED) is 0.645. The van der Waals surface area contributed by atoms with E-state index in [-0.39, 0.29) is 0 Å². The van der Waals surface area contributed by atoms with Crippen LogP contribution in [0.1, 0.15) is 36.6 Å². The average Bonchev–Trinajstić information content (AvgIpc) is 2.03. The van der Waals surface area contributed by atoms with E-state index >= 15 is 0 Å². The summed E-state index contributed by atoms with van der Waals surface area (Å²) in [7, 11) is 0. The molecule has 0 spiro atoms. The molecule has 1 heterocycles. The number of hydrogen-bond acceptors (Lipinski definition) is 2. The largest absolute Gasteiger partial charge is 0.239 e. The lowest BCUT2D eigenvalue weighted by molar-refractivity contribution is 0.820. The van der Waals surface area contributed by atoms with E-state index in [0.717, 1.165) is 11.3 Å². The van der Waals surface area contributed by atoms with Gasteiger partial charge in [-0.05, 0) is 24.5 Å². The van der Waals surface area contributed by atoms with Crippen LogP contribution in [0.4, 0.5) is 0 Å². The molecule has 13 heavy (non-hydrogen) atoms. The summed E-state index contributed by atoms with van der Waals surface area (Å²) in [5.41, 5.74) is 2.30. The van der Waals surface area contributed by atoms with Gasteiger partial charge < -0.3 is 0 Å². The highest BCUT2D eigenvalue weighted by molar-refractivity contribution is 6.30. The molecule has 0 aliphatic rings. The van der Waals surface area contributed by atoms with Crippen molar-refractivity contribution in [2.24, 2.45) is 0 Å². The first-order chi connectivity index (χ1) is 6.06. The first-order valence-corrected chi connectivity index (χ1v) is 4.51. The van der Waals surface area contributed by atoms with Crippen molar-refractivity contribution in [3.63, 3.8) is 0 Å². The molecule has 0 bridgehead atoms. The van der Waals surface area contributed by atoms with Crippen LogP contribution in [0.2, 0.25) is 5.15 Å². The third kappa shape index (κ3) is 1.99. The van der Waals surface area contributed by atoms with Crippen LogP contribution in [0.25, 0.3) is 0 Å². The van der Waals surface area contributed by atoms with Crippen LogP contribution in [0.5, 0.6) is 0 Å². The number of aromatic nitrogens is 1. The Kier molecular flexibility index (Phi) is 2.90. The zero-order valence-corrected chi connectivity index (χ0v) is 8.68. The molecule has 0 fully saturated rings. The van der Waals surface area contributed by atoms with Crippen molar-refractivity contribution >= 4 is 11.6 Å². The zero-order valence-electron chi connectivity index (χ0n) is 7.93. The Labute approximate surface area is 83.2 Å². The van der Waals surface area contributed by atoms with E-state index < -0.39 is 0 Å². The lowest BCUT2D eigenvalue weighted by Gasteiger charge is -2.07. The predicted octanol–water partition coefficient (Wildman–Crippen LogP) is 3.04. The smallest absolute Gasteiger partial charge is 0.147 e. The van der Waals surface area contributed by atoms with Crippen molar-refractivity contribution in [3.05, 3.63) is 28.0 Å². The number of rotatable bonds is 1. The van der Waals surface area contributed by atoms with Gasteiger partial charge in [0.1, 0.15) is 11.2 Å². The molecular formula is C10H11ClN2. The summed E-state index contributed by atoms with van der Waals surface area (Å²) in [5.74, 6) is 0.337. The number of hydrogen-bond donors (Lipinski definition) is 0. The SMILES string of the molecule is Cc1cc(C(C)C)nc(Cl)c1C#N. The van der Waals surface area contributed by atoms with Gasteiger partial charge in [0.15, 0.2) is 0 Å². The Hall–Kier alpha value is -1.07. The fourth-order valence-corrected chi connectivity index (χ4v) is 1.38. The van der Waals surface area contributed by atoms with Gasteiger partial charge in [-0.2, -0.15) is 5.26 Å². The minimum Gasteiger partial charge on any atom is -0.239 e. The summed E-state index contributed by atoms with van der Waals surface area (Å²) in [6.45, 7) is 5.96. The van der Waals surface area contributed by atoms with E-state index in [4.69, 9.17) is 16.9 Å². The minimum absolute atomic E-state index is 0.311. The first kappa shape index (κ1) is 10.0. The monoisotopic (exact) mass is 194 g/mol. The van der Waals surface area contributed by atoms with Gasteiger partial charge in [0.05, 0.1) is 5.56 Å². The van der Waals surface area contributed by atoms with Gasteiger partial charge in [0.2, 0.25) is 0 Å². The Morgan fingerprint density at radius 1 is 1.54 bits per heavy atom. The van der Waals surface area contributed by atoms with Crippen LogP contribution in [0.15, 0.2) is 6.07 Å². The fraction of sp³-hybridized carbons (Fsp3) is 0.400. The van der Waals surface area contributed by atoms with Gasteiger partial charge in [-0.1, -0.05) is 25.4 Å². The second kappa shape index (κ2) is 3.76. The van der Waals surface area contributed by atoms with Crippen LogP contribution in [-0.2, 0) is 0 Å². The predicted molar refractivity (Wildman–Crippen MR) is 52.8 cm³/mol. The topological polar surface area (TPSA) is 36.7 Å². The molecule has 3 heteroatoms. The van der Waals surface area contributed by atoms with E-state index in [1.165, 1.54) is 0 Å². The van der Waals surface area contributed by atoms with Gasteiger partial charge in [-0.3, -0.25) is 0 Å². The summed E-state index contributed by atoms with van der Waals surface area (Å²) < 4.78 is 0. The van der Waals surface area contributed by atoms with E-state index in [2.05, 4.69) is 4.98 Å². The Balaban J connectivity index is 3.30. The maximum absolute atomic E-state index is 8.75. The van der Waals surface area contributed by atoms with E-state index in [9.17, 15) is 0 Å². The highest BCUT2D eigenvalue weighted by Gasteiger charge is 2.09. The molecule has 0 saturated carbocycles. The molecule has 0 amide bonds. The van der Waals surface area contributed by atoms with Gasteiger partial charge in [0, 0.05) is 5.69 Å². The fourth-order valence-electron chi connectivity index (χ4n) is 1.09. The molecule has 0 N–H and O–H groups in total. The molecular weight excluding hydrogens is 184 g/mol. The van der Waals surface area contributed by atoms with Crippen molar-refractivity contribution in [3.8, 4) is 6.07 Å². The van der Waals surface area contributed by atoms with Gasteiger partial charge in [-0.15, -0.1) is 0 Å². The van der Waals surface area contributed by atoms with E-state index in [0.29, 0.717) is 16.6 Å². The van der Waals surface area contributed by atoms with Crippen molar-refractivity contribution in [2.45, 2.75) is 26.7 Å². The van der Waals surface area contributed by atoms with Crippen molar-refractivity contribution < 1.29 is 0 Å². The standard InChI is InChI=1S/C10H11ClN2/c1-6(2)9-4-7(3)8(5-12)10(11)13-9/h4,6H,1-3H3. The van der Waals surface area contributed by atoms with Crippen LogP contribution in [-0.4, -0.2) is 4.98 Å². The van der Waals surface area contributed by atoms with Crippen LogP contribution < -0.4 is 0 Å². The van der Waals surface area contributed by atoms with Crippen molar-refractivity contribution in [1.29, 1.82) is 5.26 Å². The number of halogens is 1. The molecule has 0 radical (unpaired) electrons. The molecule has 0 unspecified atom stereocenters. The number of aryl methyl sites for hydroxylation is 1. The Morgan fingerprint density at radius 3 is 2.54 bits per heavy atom. The summed E-state index contributed by atoms with van der Waals surface area (Å²) in [5, 5.41) is 9.07. The van der Waals surface area contributed by atoms with Crippen molar-refractivity contribution in [1.82, 2.24) is 4.98 Å². The first-order valence-electron chi connectivity index (χ1n) is 4.13. The van der Waals surface area contributed by atoms with Crippen LogP contribution >= 0.6 is 11.6 Å². The second-order valence-electron chi connectivity index (χ2n) is 3.30. The second-order valence-corrected chi connectivity index (χ2v) is 3.65. The molecule has 1 rings (SSSR count). The molecule has 2 nitrogen and oxygen atoms in total. The van der Waals surface area contributed by atoms with Gasteiger partial charge in [0.25, 0.3) is 0 Å². The summed E-state index contributed by atoms with van der Waals surface area (Å²) >= 11 is 5.85. The lowest BCUT2D eigenvalue weighted by atomic mass is 10.1. The Bertz CT molecular complexity index is 341. The molecule has 1 aromatic rings. The molecule has 0 aliphatic carbocycles. The maximum atomic E-state index is 8.75. The van der Waals surface area contributed by atoms with Gasteiger partial charge in [-0.25, -0.2) is 4.98 Å². The van der Waals surface area contributed by atoms with E-state index in [1.54, 1.807) is 0 Å². The number of nitrogens with zero attached hydrogens (tertiary/aromatic N) is 2. The third-order valence-electron chi connectivity index (χ3n) is 1.90. The van der Waals surface area contributed by atoms with Gasteiger partial charge >= 0.3 is 0 Å². The summed E-state index contributed by atoms with van der Waals surface area (Å²) in [6, 6.07) is 3.95. The molecule has 68 valence electrons. The minimum atomic E-state index is 0.311. The molecule has 0 atom stereocenters. The molecule has 1 aromatic heterocycles. The highest BCUT2D eigenvalue weighted by Crippen LogP contribution is 2.21. The summed E-state index contributed by atoms with van der Waals surface area (Å²) in [4.78, 5) is 4.15. The third-order valence-corrected chi connectivity index (χ3v) is 2.17. The Morgan fingerprint density at radius 2 is 2.15 bits per heavy atom. The molecule has 0 aromatic carbocycles. The van der Waals surface area contributed by atoms with Crippen LogP contribution in [0, 0.1) is 18.3 Å². The zero-order chi connectivity index (χ0) is 10.0. The number of nitriles is 1. The molecule has 0 aliphatic heterocycles. The molecule has 0 saturated heterocycles. The highest BCUT2D eigenvalue weighted by atomic mass is 35.5. The lowest BCUT2D eigenvalue weighted by Crippen LogP contribution is -1.97. The summed E-state index contributed by atoms with van der Waals surface area (Å²) in [6.07, 6.45) is 0. The maximum Gasteiger partial charge on any atom is 0.147 e. The number of pyridine rings is 1. The van der Waals surface area contributed by atoms with Crippen molar-refractivity contribution in [2.75, 3.05) is 0 Å². The average molecular weight is 195 g/mol.